The number of hydrogen-bond acceptors (Lipinski definition) is 6. The number of sulfone groups is 1. The van der Waals surface area contributed by atoms with Crippen LogP contribution in [0.2, 0.25) is 15.1 Å². The normalized spacial score (nSPS) is 12.9. The summed E-state index contributed by atoms with van der Waals surface area (Å²) in [7, 11) is -3.99. The molecule has 3 N–H and O–H groups in total. The Morgan fingerprint density at radius 2 is 1.50 bits per heavy atom. The van der Waals surface area contributed by atoms with Crippen LogP contribution in [0.15, 0.2) is 53.4 Å². The SMILES string of the molecule is CCC(C)Oc1c(Cl)cc(C(=O)Nc2cc(Cl)c(NC(=O)C(CC)S(=O)(=O)c3ccc(C)cc3)cc2O)cc1Cl. The van der Waals surface area contributed by atoms with Gasteiger partial charge in [-0.05, 0) is 57.0 Å². The number of rotatable bonds is 10. The Morgan fingerprint density at radius 3 is 2.05 bits per heavy atom. The molecule has 12 heteroatoms. The lowest BCUT2D eigenvalue weighted by atomic mass is 10.1. The average Bonchev–Trinajstić information content (AvgIpc) is 2.89. The van der Waals surface area contributed by atoms with Crippen LogP contribution in [-0.2, 0) is 14.6 Å². The van der Waals surface area contributed by atoms with E-state index in [-0.39, 0.29) is 55.2 Å². The van der Waals surface area contributed by atoms with Gasteiger partial charge in [0.25, 0.3) is 5.91 Å². The van der Waals surface area contributed by atoms with Gasteiger partial charge < -0.3 is 20.5 Å². The number of phenols is 1. The van der Waals surface area contributed by atoms with Crippen LogP contribution in [0.5, 0.6) is 11.5 Å². The van der Waals surface area contributed by atoms with Crippen molar-refractivity contribution < 1.29 is 27.9 Å². The minimum Gasteiger partial charge on any atom is -0.506 e. The summed E-state index contributed by atoms with van der Waals surface area (Å²) < 4.78 is 31.9. The van der Waals surface area contributed by atoms with E-state index in [1.54, 1.807) is 19.1 Å². The van der Waals surface area contributed by atoms with Crippen LogP contribution >= 0.6 is 34.8 Å². The van der Waals surface area contributed by atoms with Crippen molar-refractivity contribution in [3.63, 3.8) is 0 Å². The molecule has 0 fully saturated rings. The Labute approximate surface area is 248 Å². The molecule has 40 heavy (non-hydrogen) atoms. The number of aryl methyl sites for hydroxylation is 1. The number of anilines is 2. The van der Waals surface area contributed by atoms with Gasteiger partial charge in [0.1, 0.15) is 11.0 Å². The van der Waals surface area contributed by atoms with Crippen LogP contribution in [0.25, 0.3) is 0 Å². The van der Waals surface area contributed by atoms with Gasteiger partial charge in [0.15, 0.2) is 15.6 Å². The fraction of sp³-hybridized carbons (Fsp3) is 0.286. The molecule has 3 aromatic rings. The molecule has 0 aliphatic rings. The highest BCUT2D eigenvalue weighted by Crippen LogP contribution is 2.37. The molecule has 0 aliphatic heterocycles. The summed E-state index contributed by atoms with van der Waals surface area (Å²) in [6.45, 7) is 7.20. The number of halogens is 3. The van der Waals surface area contributed by atoms with Gasteiger partial charge in [-0.1, -0.05) is 66.3 Å². The zero-order valence-electron chi connectivity index (χ0n) is 22.2. The summed E-state index contributed by atoms with van der Waals surface area (Å²) >= 11 is 18.9. The van der Waals surface area contributed by atoms with Crippen molar-refractivity contribution in [3.05, 3.63) is 74.7 Å². The summed E-state index contributed by atoms with van der Waals surface area (Å²) in [5.74, 6) is -1.62. The van der Waals surface area contributed by atoms with E-state index in [1.165, 1.54) is 30.3 Å². The summed E-state index contributed by atoms with van der Waals surface area (Å²) in [5, 5.41) is 14.4. The van der Waals surface area contributed by atoms with Crippen molar-refractivity contribution in [1.82, 2.24) is 0 Å². The van der Waals surface area contributed by atoms with Crippen molar-refractivity contribution in [3.8, 4) is 11.5 Å². The number of carbonyl (C=O) groups is 2. The fourth-order valence-electron chi connectivity index (χ4n) is 3.69. The highest BCUT2D eigenvalue weighted by Gasteiger charge is 2.33. The van der Waals surface area contributed by atoms with E-state index in [0.29, 0.717) is 0 Å². The van der Waals surface area contributed by atoms with E-state index >= 15 is 0 Å². The molecule has 0 bridgehead atoms. The van der Waals surface area contributed by atoms with E-state index in [9.17, 15) is 23.1 Å². The highest BCUT2D eigenvalue weighted by atomic mass is 35.5. The smallest absolute Gasteiger partial charge is 0.255 e. The van der Waals surface area contributed by atoms with Crippen LogP contribution in [0, 0.1) is 6.92 Å². The van der Waals surface area contributed by atoms with E-state index < -0.39 is 32.7 Å². The fourth-order valence-corrected chi connectivity index (χ4v) is 6.10. The predicted octanol–water partition coefficient (Wildman–Crippen LogP) is 7.28. The molecule has 8 nitrogen and oxygen atoms in total. The van der Waals surface area contributed by atoms with Crippen LogP contribution < -0.4 is 15.4 Å². The van der Waals surface area contributed by atoms with Gasteiger partial charge >= 0.3 is 0 Å². The van der Waals surface area contributed by atoms with E-state index in [0.717, 1.165) is 18.1 Å². The second-order valence-corrected chi connectivity index (χ2v) is 12.5. The molecule has 2 amide bonds. The molecule has 0 aromatic heterocycles. The molecule has 2 atom stereocenters. The molecular formula is C28H29Cl3N2O6S. The summed E-state index contributed by atoms with van der Waals surface area (Å²) in [6, 6.07) is 11.3. The largest absolute Gasteiger partial charge is 0.506 e. The molecule has 0 saturated heterocycles. The number of hydrogen-bond donors (Lipinski definition) is 3. The lowest BCUT2D eigenvalue weighted by Crippen LogP contribution is -2.34. The maximum absolute atomic E-state index is 13.1. The minimum atomic E-state index is -3.99. The number of phenolic OH excluding ortho intramolecular Hbond substituents is 1. The summed E-state index contributed by atoms with van der Waals surface area (Å²) in [4.78, 5) is 25.9. The molecule has 3 rings (SSSR count). The topological polar surface area (TPSA) is 122 Å². The lowest BCUT2D eigenvalue weighted by molar-refractivity contribution is -0.115. The maximum Gasteiger partial charge on any atom is 0.255 e. The molecule has 0 aliphatic carbocycles. The molecular weight excluding hydrogens is 599 g/mol. The summed E-state index contributed by atoms with van der Waals surface area (Å²) in [6.07, 6.45) is 0.599. The molecule has 0 saturated carbocycles. The van der Waals surface area contributed by atoms with E-state index in [1.807, 2.05) is 20.8 Å². The Morgan fingerprint density at radius 1 is 0.900 bits per heavy atom. The van der Waals surface area contributed by atoms with Crippen molar-refractivity contribution in [2.75, 3.05) is 10.6 Å². The number of aromatic hydroxyl groups is 1. The third kappa shape index (κ3) is 7.20. The van der Waals surface area contributed by atoms with Gasteiger partial charge in [-0.25, -0.2) is 8.42 Å². The zero-order chi connectivity index (χ0) is 29.8. The standard InChI is InChI=1S/C28H29Cl3N2O6S/c1-5-16(4)39-26-20(30)11-17(12-21(26)31)27(35)33-23-13-19(29)22(14-24(23)34)32-28(36)25(6-2)40(37,38)18-9-7-15(3)8-10-18/h7-14,16,25,34H,5-6H2,1-4H3,(H,32,36)(H,33,35). The van der Waals surface area contributed by atoms with Gasteiger partial charge in [0.05, 0.1) is 37.4 Å². The average molecular weight is 628 g/mol. The first-order valence-electron chi connectivity index (χ1n) is 12.4. The summed E-state index contributed by atoms with van der Waals surface area (Å²) in [5.41, 5.74) is 0.896. The Balaban J connectivity index is 1.79. The molecule has 214 valence electrons. The number of amides is 2. The third-order valence-corrected chi connectivity index (χ3v) is 9.23. The van der Waals surface area contributed by atoms with Gasteiger partial charge in [-0.3, -0.25) is 9.59 Å². The minimum absolute atomic E-state index is 0.00604. The maximum atomic E-state index is 13.1. The second-order valence-electron chi connectivity index (χ2n) is 9.15. The first-order chi connectivity index (χ1) is 18.8. The lowest BCUT2D eigenvalue weighted by Gasteiger charge is -2.18. The zero-order valence-corrected chi connectivity index (χ0v) is 25.3. The second kappa shape index (κ2) is 13.1. The number of benzene rings is 3. The molecule has 2 unspecified atom stereocenters. The Kier molecular flexibility index (Phi) is 10.3. The molecule has 3 aromatic carbocycles. The third-order valence-electron chi connectivity index (χ3n) is 6.13. The van der Waals surface area contributed by atoms with Crippen molar-refractivity contribution >= 4 is 67.8 Å². The van der Waals surface area contributed by atoms with Crippen LogP contribution in [0.1, 0.15) is 49.5 Å². The molecule has 0 radical (unpaired) electrons. The first kappa shape index (κ1) is 31.5. The first-order valence-corrected chi connectivity index (χ1v) is 15.1. The van der Waals surface area contributed by atoms with E-state index in [2.05, 4.69) is 10.6 Å². The van der Waals surface area contributed by atoms with Crippen molar-refractivity contribution in [2.24, 2.45) is 0 Å². The van der Waals surface area contributed by atoms with Crippen LogP contribution in [-0.4, -0.2) is 36.7 Å². The van der Waals surface area contributed by atoms with Crippen molar-refractivity contribution in [2.45, 2.75) is 56.8 Å². The molecule has 0 spiro atoms. The number of carbonyl (C=O) groups excluding carboxylic acids is 2. The van der Waals surface area contributed by atoms with Gasteiger partial charge in [-0.2, -0.15) is 0 Å². The molecule has 0 heterocycles. The van der Waals surface area contributed by atoms with Crippen LogP contribution in [0.3, 0.4) is 0 Å². The van der Waals surface area contributed by atoms with Crippen molar-refractivity contribution in [1.29, 1.82) is 0 Å². The van der Waals surface area contributed by atoms with E-state index in [4.69, 9.17) is 39.5 Å². The predicted molar refractivity (Wildman–Crippen MR) is 159 cm³/mol. The highest BCUT2D eigenvalue weighted by molar-refractivity contribution is 7.92. The quantitative estimate of drug-likeness (QED) is 0.203. The van der Waals surface area contributed by atoms with Gasteiger partial charge in [-0.15, -0.1) is 0 Å². The number of ether oxygens (including phenoxy) is 1. The van der Waals surface area contributed by atoms with Gasteiger partial charge in [0, 0.05) is 11.6 Å². The number of nitrogens with one attached hydrogen (secondary N) is 2. The Hall–Kier alpha value is -2.98. The van der Waals surface area contributed by atoms with Crippen LogP contribution in [0.4, 0.5) is 11.4 Å². The van der Waals surface area contributed by atoms with Gasteiger partial charge in [0.2, 0.25) is 5.91 Å². The Bertz CT molecular complexity index is 1500. The monoisotopic (exact) mass is 626 g/mol.